The van der Waals surface area contributed by atoms with Gasteiger partial charge in [-0.2, -0.15) is 4.31 Å². The molecule has 0 aromatic heterocycles. The predicted molar refractivity (Wildman–Crippen MR) is 107 cm³/mol. The van der Waals surface area contributed by atoms with E-state index < -0.39 is 15.9 Å². The largest absolute Gasteiger partial charge is 0.495 e. The maximum absolute atomic E-state index is 12.9. The number of sulfonamides is 1. The van der Waals surface area contributed by atoms with Gasteiger partial charge in [0.1, 0.15) is 10.6 Å². The van der Waals surface area contributed by atoms with E-state index in [1.54, 1.807) is 26.0 Å². The Kier molecular flexibility index (Phi) is 6.86. The minimum Gasteiger partial charge on any atom is -0.495 e. The van der Waals surface area contributed by atoms with Crippen LogP contribution in [-0.2, 0) is 10.0 Å². The summed E-state index contributed by atoms with van der Waals surface area (Å²) in [7, 11) is -2.39. The molecule has 0 aliphatic rings. The monoisotopic (exact) mass is 410 g/mol. The van der Waals surface area contributed by atoms with E-state index in [1.165, 1.54) is 29.6 Å². The molecule has 1 N–H and O–H groups in total. The van der Waals surface area contributed by atoms with Crippen molar-refractivity contribution >= 4 is 33.2 Å². The molecule has 0 aliphatic heterocycles. The van der Waals surface area contributed by atoms with E-state index in [0.717, 1.165) is 5.56 Å². The molecule has 2 rings (SSSR count). The number of carbonyl (C=O) groups is 1. The number of anilines is 1. The van der Waals surface area contributed by atoms with Gasteiger partial charge < -0.3 is 10.1 Å². The summed E-state index contributed by atoms with van der Waals surface area (Å²) in [6.45, 7) is 6.03. The zero-order chi connectivity index (χ0) is 20.2. The zero-order valence-electron chi connectivity index (χ0n) is 15.7. The Labute approximate surface area is 165 Å². The number of methoxy groups -OCH3 is 1. The maximum atomic E-state index is 12.9. The lowest BCUT2D eigenvalue weighted by Crippen LogP contribution is -2.31. The summed E-state index contributed by atoms with van der Waals surface area (Å²) >= 11 is 6.15. The molecular weight excluding hydrogens is 388 g/mol. The highest BCUT2D eigenvalue weighted by molar-refractivity contribution is 7.89. The minimum atomic E-state index is -3.78. The van der Waals surface area contributed by atoms with Crippen LogP contribution in [0.3, 0.4) is 0 Å². The van der Waals surface area contributed by atoms with Crippen molar-refractivity contribution in [1.82, 2.24) is 4.31 Å². The van der Waals surface area contributed by atoms with Crippen molar-refractivity contribution in [2.24, 2.45) is 0 Å². The van der Waals surface area contributed by atoms with Gasteiger partial charge >= 0.3 is 0 Å². The van der Waals surface area contributed by atoms with Gasteiger partial charge in [0.15, 0.2) is 0 Å². The van der Waals surface area contributed by atoms with Gasteiger partial charge in [0.05, 0.1) is 17.8 Å². The van der Waals surface area contributed by atoms with Crippen LogP contribution in [0, 0.1) is 6.92 Å². The van der Waals surface area contributed by atoms with E-state index in [-0.39, 0.29) is 16.2 Å². The molecule has 6 nitrogen and oxygen atoms in total. The highest BCUT2D eigenvalue weighted by Crippen LogP contribution is 2.29. The average Bonchev–Trinajstić information content (AvgIpc) is 2.64. The van der Waals surface area contributed by atoms with Crippen LogP contribution >= 0.6 is 11.6 Å². The topological polar surface area (TPSA) is 75.7 Å². The number of ether oxygens (including phenoxy) is 1. The van der Waals surface area contributed by atoms with Crippen LogP contribution in [0.4, 0.5) is 5.69 Å². The van der Waals surface area contributed by atoms with Gasteiger partial charge in [0.25, 0.3) is 5.91 Å². The van der Waals surface area contributed by atoms with Crippen LogP contribution in [0.2, 0.25) is 5.02 Å². The number of hydrogen-bond acceptors (Lipinski definition) is 4. The molecule has 0 radical (unpaired) electrons. The van der Waals surface area contributed by atoms with Crippen molar-refractivity contribution in [3.05, 3.63) is 52.5 Å². The second-order valence-corrected chi connectivity index (χ2v) is 8.21. The lowest BCUT2D eigenvalue weighted by molar-refractivity contribution is 0.102. The molecule has 8 heteroatoms. The Morgan fingerprint density at radius 1 is 1.15 bits per heavy atom. The van der Waals surface area contributed by atoms with Gasteiger partial charge in [-0.3, -0.25) is 4.79 Å². The molecule has 0 fully saturated rings. The minimum absolute atomic E-state index is 0.0450. The summed E-state index contributed by atoms with van der Waals surface area (Å²) in [6, 6.07) is 9.57. The van der Waals surface area contributed by atoms with Gasteiger partial charge in [-0.15, -0.1) is 0 Å². The summed E-state index contributed by atoms with van der Waals surface area (Å²) in [4.78, 5) is 12.6. The van der Waals surface area contributed by atoms with Crippen molar-refractivity contribution in [2.75, 3.05) is 25.5 Å². The first-order valence-corrected chi connectivity index (χ1v) is 10.3. The highest BCUT2D eigenvalue weighted by atomic mass is 35.5. The Morgan fingerprint density at radius 2 is 1.81 bits per heavy atom. The molecule has 27 heavy (non-hydrogen) atoms. The van der Waals surface area contributed by atoms with Crippen molar-refractivity contribution in [2.45, 2.75) is 25.7 Å². The van der Waals surface area contributed by atoms with Crippen LogP contribution in [0.25, 0.3) is 0 Å². The fraction of sp³-hybridized carbons (Fsp3) is 0.316. The van der Waals surface area contributed by atoms with Gasteiger partial charge in [0.2, 0.25) is 10.0 Å². The first-order valence-electron chi connectivity index (χ1n) is 8.50. The van der Waals surface area contributed by atoms with Crippen LogP contribution in [0.15, 0.2) is 41.3 Å². The number of nitrogens with zero attached hydrogens (tertiary/aromatic N) is 1. The van der Waals surface area contributed by atoms with E-state index >= 15 is 0 Å². The fourth-order valence-corrected chi connectivity index (χ4v) is 4.56. The molecule has 1 amide bonds. The smallest absolute Gasteiger partial charge is 0.255 e. The SMILES string of the molecule is CCN(CC)S(=O)(=O)c1cc(C(=O)Nc2ccc(C)cc2Cl)ccc1OC. The third-order valence-electron chi connectivity index (χ3n) is 4.12. The molecule has 0 heterocycles. The van der Waals surface area contributed by atoms with E-state index in [4.69, 9.17) is 16.3 Å². The molecule has 2 aromatic rings. The number of hydrogen-bond donors (Lipinski definition) is 1. The number of amides is 1. The molecule has 0 bridgehead atoms. The van der Waals surface area contributed by atoms with Crippen LogP contribution in [0.1, 0.15) is 29.8 Å². The van der Waals surface area contributed by atoms with E-state index in [2.05, 4.69) is 5.32 Å². The van der Waals surface area contributed by atoms with Crippen LogP contribution in [-0.4, -0.2) is 38.8 Å². The van der Waals surface area contributed by atoms with Gasteiger partial charge in [-0.1, -0.05) is 31.5 Å². The number of halogens is 1. The normalized spacial score (nSPS) is 11.5. The zero-order valence-corrected chi connectivity index (χ0v) is 17.3. The van der Waals surface area contributed by atoms with Gasteiger partial charge in [-0.25, -0.2) is 8.42 Å². The molecule has 0 saturated heterocycles. The second-order valence-electron chi connectivity index (χ2n) is 5.89. The number of carbonyl (C=O) groups excluding carboxylic acids is 1. The molecule has 146 valence electrons. The lowest BCUT2D eigenvalue weighted by Gasteiger charge is -2.20. The van der Waals surface area contributed by atoms with Crippen molar-refractivity contribution in [1.29, 1.82) is 0 Å². The highest BCUT2D eigenvalue weighted by Gasteiger charge is 2.27. The maximum Gasteiger partial charge on any atom is 0.255 e. The Bertz CT molecular complexity index is 941. The Hall–Kier alpha value is -2.09. The summed E-state index contributed by atoms with van der Waals surface area (Å²) in [6.07, 6.45) is 0. The number of aryl methyl sites for hydroxylation is 1. The molecule has 0 atom stereocenters. The van der Waals surface area contributed by atoms with Crippen molar-refractivity contribution < 1.29 is 17.9 Å². The van der Waals surface area contributed by atoms with E-state index in [9.17, 15) is 13.2 Å². The summed E-state index contributed by atoms with van der Waals surface area (Å²) in [5, 5.41) is 3.12. The number of benzene rings is 2. The van der Waals surface area contributed by atoms with Crippen molar-refractivity contribution in [3.8, 4) is 5.75 Å². The average molecular weight is 411 g/mol. The fourth-order valence-electron chi connectivity index (χ4n) is 2.64. The summed E-state index contributed by atoms with van der Waals surface area (Å²) in [5.74, 6) is -0.272. The third kappa shape index (κ3) is 4.61. The first-order chi connectivity index (χ1) is 12.7. The quantitative estimate of drug-likeness (QED) is 0.750. The standard InChI is InChI=1S/C19H23ClN2O4S/c1-5-22(6-2)27(24,25)18-12-14(8-10-17(18)26-4)19(23)21-16-9-7-13(3)11-15(16)20/h7-12H,5-6H2,1-4H3,(H,21,23). The second kappa shape index (κ2) is 8.73. The van der Waals surface area contributed by atoms with E-state index in [0.29, 0.717) is 23.8 Å². The van der Waals surface area contributed by atoms with Crippen LogP contribution < -0.4 is 10.1 Å². The predicted octanol–water partition coefficient (Wildman–Crippen LogP) is 3.94. The number of rotatable bonds is 7. The first kappa shape index (κ1) is 21.2. The molecule has 0 aliphatic carbocycles. The molecule has 0 spiro atoms. The van der Waals surface area contributed by atoms with Crippen molar-refractivity contribution in [3.63, 3.8) is 0 Å². The number of nitrogens with one attached hydrogen (secondary N) is 1. The van der Waals surface area contributed by atoms with Gasteiger partial charge in [0, 0.05) is 18.7 Å². The Balaban J connectivity index is 2.43. The lowest BCUT2D eigenvalue weighted by atomic mass is 10.2. The third-order valence-corrected chi connectivity index (χ3v) is 6.51. The molecule has 0 saturated carbocycles. The van der Waals surface area contributed by atoms with E-state index in [1.807, 2.05) is 13.0 Å². The van der Waals surface area contributed by atoms with Crippen LogP contribution in [0.5, 0.6) is 5.75 Å². The summed E-state index contributed by atoms with van der Waals surface area (Å²) < 4.78 is 32.3. The molecular formula is C19H23ClN2O4S. The molecule has 0 unspecified atom stereocenters. The molecule has 2 aromatic carbocycles. The Morgan fingerprint density at radius 3 is 2.37 bits per heavy atom. The summed E-state index contributed by atoms with van der Waals surface area (Å²) in [5.41, 5.74) is 1.62. The van der Waals surface area contributed by atoms with Gasteiger partial charge in [-0.05, 0) is 42.8 Å².